The number of carbonyl (C=O) groups is 3. The summed E-state index contributed by atoms with van der Waals surface area (Å²) in [5.74, 6) is -0.827. The van der Waals surface area contributed by atoms with Gasteiger partial charge in [0.1, 0.15) is 17.2 Å². The summed E-state index contributed by atoms with van der Waals surface area (Å²) in [5, 5.41) is 2.52. The summed E-state index contributed by atoms with van der Waals surface area (Å²) >= 11 is 0. The molecule has 8 heteroatoms. The Hall–Kier alpha value is -1.99. The highest BCUT2D eigenvalue weighted by Gasteiger charge is 2.42. The average Bonchev–Trinajstić information content (AvgIpc) is 2.30. The summed E-state index contributed by atoms with van der Waals surface area (Å²) in [6.07, 6.45) is -1.15. The standard InChI is InChI=1S/C16H28N2O6/c1-15(2,3)23-13(20)17-11(12(19)22-7)10-8-18(9-10)14(21)24-16(4,5)6/h10-11H,8-9H2,1-7H3,(H,17,20)/t11-/m0/s1. The van der Waals surface area contributed by atoms with Crippen molar-refractivity contribution in [3.05, 3.63) is 0 Å². The molecule has 0 saturated carbocycles. The Bertz CT molecular complexity index is 486. The Morgan fingerprint density at radius 2 is 1.50 bits per heavy atom. The Kier molecular flexibility index (Phi) is 6.08. The molecule has 1 N–H and O–H groups in total. The van der Waals surface area contributed by atoms with Crippen LogP contribution in [0.4, 0.5) is 9.59 Å². The highest BCUT2D eigenvalue weighted by Crippen LogP contribution is 2.23. The number of likely N-dealkylation sites (tertiary alicyclic amines) is 1. The lowest BCUT2D eigenvalue weighted by atomic mass is 9.92. The zero-order valence-corrected chi connectivity index (χ0v) is 15.5. The third kappa shape index (κ3) is 6.25. The summed E-state index contributed by atoms with van der Waals surface area (Å²) in [7, 11) is 1.25. The van der Waals surface area contributed by atoms with E-state index in [1.165, 1.54) is 12.0 Å². The molecule has 1 atom stereocenters. The number of alkyl carbamates (subject to hydrolysis) is 1. The second-order valence-corrected chi connectivity index (χ2v) is 7.79. The van der Waals surface area contributed by atoms with Crippen LogP contribution in [-0.4, -0.2) is 60.5 Å². The molecule has 1 heterocycles. The van der Waals surface area contributed by atoms with Crippen LogP contribution in [0.25, 0.3) is 0 Å². The number of nitrogens with one attached hydrogen (secondary N) is 1. The number of esters is 1. The van der Waals surface area contributed by atoms with Crippen LogP contribution in [-0.2, 0) is 19.0 Å². The van der Waals surface area contributed by atoms with Gasteiger partial charge in [-0.3, -0.25) is 0 Å². The minimum absolute atomic E-state index is 0.252. The normalized spacial score (nSPS) is 16.7. The second kappa shape index (κ2) is 7.27. The quantitative estimate of drug-likeness (QED) is 0.621. The van der Waals surface area contributed by atoms with E-state index in [0.717, 1.165) is 0 Å². The van der Waals surface area contributed by atoms with E-state index < -0.39 is 35.4 Å². The fourth-order valence-corrected chi connectivity index (χ4v) is 2.13. The number of methoxy groups -OCH3 is 1. The maximum Gasteiger partial charge on any atom is 0.410 e. The molecule has 1 aliphatic heterocycles. The third-order valence-corrected chi connectivity index (χ3v) is 3.16. The van der Waals surface area contributed by atoms with Gasteiger partial charge in [-0.05, 0) is 41.5 Å². The van der Waals surface area contributed by atoms with Gasteiger partial charge in [0.25, 0.3) is 0 Å². The minimum Gasteiger partial charge on any atom is -0.467 e. The lowest BCUT2D eigenvalue weighted by Gasteiger charge is -2.42. The molecule has 0 unspecified atom stereocenters. The molecule has 0 aromatic carbocycles. The van der Waals surface area contributed by atoms with Gasteiger partial charge in [-0.25, -0.2) is 14.4 Å². The van der Waals surface area contributed by atoms with E-state index in [2.05, 4.69) is 5.32 Å². The van der Waals surface area contributed by atoms with Crippen molar-refractivity contribution in [2.45, 2.75) is 58.8 Å². The van der Waals surface area contributed by atoms with Crippen molar-refractivity contribution in [2.24, 2.45) is 5.92 Å². The highest BCUT2D eigenvalue weighted by molar-refractivity contribution is 5.82. The summed E-state index contributed by atoms with van der Waals surface area (Å²) in [4.78, 5) is 37.2. The minimum atomic E-state index is -0.872. The van der Waals surface area contributed by atoms with Gasteiger partial charge in [-0.2, -0.15) is 0 Å². The van der Waals surface area contributed by atoms with Gasteiger partial charge >= 0.3 is 18.2 Å². The molecule has 0 spiro atoms. The molecule has 1 saturated heterocycles. The Balaban J connectivity index is 2.62. The number of hydrogen-bond donors (Lipinski definition) is 1. The topological polar surface area (TPSA) is 94.2 Å². The van der Waals surface area contributed by atoms with Crippen LogP contribution in [0.2, 0.25) is 0 Å². The molecule has 8 nitrogen and oxygen atoms in total. The van der Waals surface area contributed by atoms with Crippen molar-refractivity contribution in [3.63, 3.8) is 0 Å². The van der Waals surface area contributed by atoms with E-state index in [-0.39, 0.29) is 5.92 Å². The first kappa shape index (κ1) is 20.1. The molecule has 0 radical (unpaired) electrons. The van der Waals surface area contributed by atoms with Crippen LogP contribution in [0.15, 0.2) is 0 Å². The Labute approximate surface area is 142 Å². The van der Waals surface area contributed by atoms with Crippen LogP contribution in [0, 0.1) is 5.92 Å². The van der Waals surface area contributed by atoms with E-state index in [0.29, 0.717) is 13.1 Å². The Morgan fingerprint density at radius 1 is 1.00 bits per heavy atom. The zero-order chi connectivity index (χ0) is 18.7. The van der Waals surface area contributed by atoms with Gasteiger partial charge in [0.2, 0.25) is 0 Å². The van der Waals surface area contributed by atoms with Gasteiger partial charge in [0.05, 0.1) is 7.11 Å². The molecule has 1 rings (SSSR count). The van der Waals surface area contributed by atoms with E-state index in [1.807, 2.05) is 0 Å². The van der Waals surface area contributed by atoms with Crippen LogP contribution in [0.3, 0.4) is 0 Å². The maximum atomic E-state index is 11.9. The SMILES string of the molecule is COC(=O)[C@@H](NC(=O)OC(C)(C)C)C1CN(C(=O)OC(C)(C)C)C1. The first-order valence-corrected chi connectivity index (χ1v) is 7.87. The summed E-state index contributed by atoms with van der Waals surface area (Å²) in [6.45, 7) is 11.1. The van der Waals surface area contributed by atoms with Crippen molar-refractivity contribution in [1.29, 1.82) is 0 Å². The van der Waals surface area contributed by atoms with Crippen molar-refractivity contribution < 1.29 is 28.6 Å². The van der Waals surface area contributed by atoms with Gasteiger partial charge in [0.15, 0.2) is 0 Å². The smallest absolute Gasteiger partial charge is 0.410 e. The highest BCUT2D eigenvalue weighted by atomic mass is 16.6. The van der Waals surface area contributed by atoms with E-state index in [4.69, 9.17) is 14.2 Å². The maximum absolute atomic E-state index is 11.9. The van der Waals surface area contributed by atoms with E-state index in [1.54, 1.807) is 41.5 Å². The lowest BCUT2D eigenvalue weighted by Crippen LogP contribution is -2.61. The molecule has 0 aromatic heterocycles. The summed E-state index contributed by atoms with van der Waals surface area (Å²) < 4.78 is 15.2. The second-order valence-electron chi connectivity index (χ2n) is 7.79. The number of nitrogens with zero attached hydrogens (tertiary/aromatic N) is 1. The van der Waals surface area contributed by atoms with Gasteiger partial charge in [0, 0.05) is 19.0 Å². The largest absolute Gasteiger partial charge is 0.467 e. The zero-order valence-electron chi connectivity index (χ0n) is 15.5. The van der Waals surface area contributed by atoms with Gasteiger partial charge in [-0.1, -0.05) is 0 Å². The molecule has 138 valence electrons. The van der Waals surface area contributed by atoms with Gasteiger partial charge in [-0.15, -0.1) is 0 Å². The van der Waals surface area contributed by atoms with Crippen LogP contribution in [0.5, 0.6) is 0 Å². The monoisotopic (exact) mass is 344 g/mol. The number of carbonyl (C=O) groups excluding carboxylic acids is 3. The summed E-state index contributed by atoms with van der Waals surface area (Å²) in [6, 6.07) is -0.872. The molecule has 0 aromatic rings. The average molecular weight is 344 g/mol. The number of ether oxygens (including phenoxy) is 3. The lowest BCUT2D eigenvalue weighted by molar-refractivity contribution is -0.146. The molecule has 0 bridgehead atoms. The molecular weight excluding hydrogens is 316 g/mol. The van der Waals surface area contributed by atoms with Crippen molar-refractivity contribution in [2.75, 3.05) is 20.2 Å². The first-order valence-electron chi connectivity index (χ1n) is 7.87. The number of rotatable bonds is 3. The Morgan fingerprint density at radius 3 is 1.92 bits per heavy atom. The van der Waals surface area contributed by atoms with Crippen molar-refractivity contribution in [3.8, 4) is 0 Å². The molecule has 1 fully saturated rings. The number of amides is 2. The molecule has 1 aliphatic rings. The third-order valence-electron chi connectivity index (χ3n) is 3.16. The van der Waals surface area contributed by atoms with E-state index in [9.17, 15) is 14.4 Å². The van der Waals surface area contributed by atoms with Crippen LogP contribution < -0.4 is 5.32 Å². The van der Waals surface area contributed by atoms with Crippen molar-refractivity contribution in [1.82, 2.24) is 10.2 Å². The molecular formula is C16H28N2O6. The molecule has 2 amide bonds. The van der Waals surface area contributed by atoms with Gasteiger partial charge < -0.3 is 24.4 Å². The first-order chi connectivity index (χ1) is 10.8. The fraction of sp³-hybridized carbons (Fsp3) is 0.812. The van der Waals surface area contributed by atoms with E-state index >= 15 is 0 Å². The predicted molar refractivity (Wildman–Crippen MR) is 86.5 cm³/mol. The predicted octanol–water partition coefficient (Wildman–Crippen LogP) is 1.92. The summed E-state index contributed by atoms with van der Waals surface area (Å²) in [5.41, 5.74) is -1.26. The van der Waals surface area contributed by atoms with Crippen molar-refractivity contribution >= 4 is 18.2 Å². The van der Waals surface area contributed by atoms with Crippen LogP contribution in [0.1, 0.15) is 41.5 Å². The number of hydrogen-bond acceptors (Lipinski definition) is 6. The molecule has 24 heavy (non-hydrogen) atoms. The fourth-order valence-electron chi connectivity index (χ4n) is 2.13. The van der Waals surface area contributed by atoms with Crippen LogP contribution >= 0.6 is 0 Å². The molecule has 0 aliphatic carbocycles.